The van der Waals surface area contributed by atoms with Crippen LogP contribution in [0.25, 0.3) is 0 Å². The van der Waals surface area contributed by atoms with Crippen molar-refractivity contribution in [3.63, 3.8) is 0 Å². The zero-order valence-corrected chi connectivity index (χ0v) is 13.8. The van der Waals surface area contributed by atoms with Crippen molar-refractivity contribution in [2.75, 3.05) is 31.1 Å². The third kappa shape index (κ3) is 2.59. The molecule has 2 aromatic heterocycles. The maximum atomic E-state index is 5.24. The van der Waals surface area contributed by atoms with E-state index in [1.807, 2.05) is 6.07 Å². The summed E-state index contributed by atoms with van der Waals surface area (Å²) >= 11 is 0. The normalized spacial score (nSPS) is 27.4. The number of hydrogen-bond acceptors (Lipinski definition) is 6. The predicted octanol–water partition coefficient (Wildman–Crippen LogP) is 2.30. The van der Waals surface area contributed by atoms with Gasteiger partial charge in [0.2, 0.25) is 0 Å². The molecule has 6 heteroatoms. The van der Waals surface area contributed by atoms with E-state index in [1.54, 1.807) is 12.5 Å². The molecule has 5 rings (SSSR count). The molecule has 2 atom stereocenters. The summed E-state index contributed by atoms with van der Waals surface area (Å²) in [5.74, 6) is 4.23. The van der Waals surface area contributed by atoms with Crippen LogP contribution in [0.2, 0.25) is 0 Å². The van der Waals surface area contributed by atoms with Crippen LogP contribution in [0.15, 0.2) is 29.2 Å². The highest BCUT2D eigenvalue weighted by Crippen LogP contribution is 2.38. The van der Waals surface area contributed by atoms with Gasteiger partial charge in [-0.1, -0.05) is 11.6 Å². The molecule has 0 bridgehead atoms. The van der Waals surface area contributed by atoms with Gasteiger partial charge in [0.05, 0.1) is 12.7 Å². The van der Waals surface area contributed by atoms with E-state index in [2.05, 4.69) is 31.0 Å². The Balaban J connectivity index is 1.23. The highest BCUT2D eigenvalue weighted by molar-refractivity contribution is 5.42. The Kier molecular flexibility index (Phi) is 3.51. The molecule has 2 saturated heterocycles. The summed E-state index contributed by atoms with van der Waals surface area (Å²) in [4.78, 5) is 14.0. The molecule has 3 fully saturated rings. The predicted molar refractivity (Wildman–Crippen MR) is 89.6 cm³/mol. The average molecular weight is 325 g/mol. The minimum atomic E-state index is 0.672. The van der Waals surface area contributed by atoms with Crippen molar-refractivity contribution in [3.05, 3.63) is 36.1 Å². The molecule has 2 unspecified atom stereocenters. The summed E-state index contributed by atoms with van der Waals surface area (Å²) in [5.41, 5.74) is 1.25. The lowest BCUT2D eigenvalue weighted by molar-refractivity contribution is 0.261. The van der Waals surface area contributed by atoms with E-state index in [4.69, 9.17) is 4.52 Å². The summed E-state index contributed by atoms with van der Waals surface area (Å²) in [6, 6.07) is 4.19. The Labute approximate surface area is 141 Å². The zero-order chi connectivity index (χ0) is 15.9. The van der Waals surface area contributed by atoms with Crippen LogP contribution in [-0.2, 0) is 6.54 Å². The number of fused-ring (bicyclic) bond motifs is 1. The van der Waals surface area contributed by atoms with Crippen LogP contribution < -0.4 is 4.90 Å². The van der Waals surface area contributed by atoms with Crippen LogP contribution in [0.1, 0.15) is 36.6 Å². The fourth-order valence-corrected chi connectivity index (χ4v) is 4.41. The second-order valence-corrected chi connectivity index (χ2v) is 7.53. The average Bonchev–Trinajstić information content (AvgIpc) is 3.22. The number of rotatable bonds is 4. The molecule has 0 radical (unpaired) electrons. The quantitative estimate of drug-likeness (QED) is 0.860. The molecule has 126 valence electrons. The lowest BCUT2D eigenvalue weighted by Crippen LogP contribution is -2.29. The number of hydrogen-bond donors (Lipinski definition) is 0. The molecule has 1 aliphatic carbocycles. The van der Waals surface area contributed by atoms with E-state index in [1.165, 1.54) is 25.0 Å². The summed E-state index contributed by atoms with van der Waals surface area (Å²) in [7, 11) is 0. The van der Waals surface area contributed by atoms with Gasteiger partial charge in [-0.3, -0.25) is 4.90 Å². The first kappa shape index (κ1) is 14.4. The van der Waals surface area contributed by atoms with Gasteiger partial charge in [0.15, 0.2) is 5.76 Å². The monoisotopic (exact) mass is 325 g/mol. The van der Waals surface area contributed by atoms with Gasteiger partial charge >= 0.3 is 0 Å². The lowest BCUT2D eigenvalue weighted by Gasteiger charge is -2.26. The molecule has 2 aromatic rings. The van der Waals surface area contributed by atoms with Gasteiger partial charge in [-0.15, -0.1) is 0 Å². The Hall–Kier alpha value is -1.95. The van der Waals surface area contributed by atoms with Crippen LogP contribution in [-0.4, -0.2) is 46.2 Å². The molecule has 0 amide bonds. The molecular weight excluding hydrogens is 302 g/mol. The van der Waals surface area contributed by atoms with Gasteiger partial charge in [0, 0.05) is 49.9 Å². The Morgan fingerprint density at radius 3 is 2.58 bits per heavy atom. The smallest absolute Gasteiger partial charge is 0.150 e. The maximum Gasteiger partial charge on any atom is 0.150 e. The molecule has 6 nitrogen and oxygen atoms in total. The van der Waals surface area contributed by atoms with Crippen molar-refractivity contribution in [1.29, 1.82) is 0 Å². The van der Waals surface area contributed by atoms with Gasteiger partial charge < -0.3 is 9.42 Å². The fraction of sp³-hybridized carbons (Fsp3) is 0.611. The molecule has 1 saturated carbocycles. The highest BCUT2D eigenvalue weighted by Gasteiger charge is 2.40. The maximum absolute atomic E-state index is 5.24. The Morgan fingerprint density at radius 1 is 1.08 bits per heavy atom. The molecule has 0 aromatic carbocycles. The van der Waals surface area contributed by atoms with Crippen molar-refractivity contribution in [1.82, 2.24) is 20.0 Å². The summed E-state index contributed by atoms with van der Waals surface area (Å²) in [6.45, 7) is 5.38. The van der Waals surface area contributed by atoms with Crippen molar-refractivity contribution < 1.29 is 4.52 Å². The summed E-state index contributed by atoms with van der Waals surface area (Å²) < 4.78 is 5.24. The molecule has 0 spiro atoms. The summed E-state index contributed by atoms with van der Waals surface area (Å²) in [5, 5.41) is 3.80. The third-order valence-electron chi connectivity index (χ3n) is 5.95. The summed E-state index contributed by atoms with van der Waals surface area (Å²) in [6.07, 6.45) is 7.41. The van der Waals surface area contributed by atoms with Gasteiger partial charge in [-0.05, 0) is 24.7 Å². The van der Waals surface area contributed by atoms with Crippen LogP contribution in [0.3, 0.4) is 0 Å². The van der Waals surface area contributed by atoms with Crippen molar-refractivity contribution in [2.24, 2.45) is 11.8 Å². The van der Waals surface area contributed by atoms with E-state index in [-0.39, 0.29) is 0 Å². The molecule has 3 aliphatic rings. The van der Waals surface area contributed by atoms with Crippen LogP contribution in [0.4, 0.5) is 5.82 Å². The van der Waals surface area contributed by atoms with Crippen molar-refractivity contribution >= 4 is 5.82 Å². The van der Waals surface area contributed by atoms with Gasteiger partial charge in [-0.25, -0.2) is 9.97 Å². The van der Waals surface area contributed by atoms with Crippen LogP contribution >= 0.6 is 0 Å². The zero-order valence-electron chi connectivity index (χ0n) is 13.8. The van der Waals surface area contributed by atoms with Crippen LogP contribution in [0.5, 0.6) is 0 Å². The number of likely N-dealkylation sites (tertiary alicyclic amines) is 1. The van der Waals surface area contributed by atoms with Crippen molar-refractivity contribution in [3.8, 4) is 0 Å². The number of nitrogens with zero attached hydrogens (tertiary/aromatic N) is 5. The Morgan fingerprint density at radius 2 is 1.92 bits per heavy atom. The SMILES string of the molecule is c1cc(CN2CC3CN(c4cc(C5CCC5)ncn4)CC3C2)on1. The van der Waals surface area contributed by atoms with Gasteiger partial charge in [0.25, 0.3) is 0 Å². The minimum absolute atomic E-state index is 0.672. The minimum Gasteiger partial charge on any atom is -0.360 e. The molecule has 0 N–H and O–H groups in total. The second-order valence-electron chi connectivity index (χ2n) is 7.53. The molecular formula is C18H23N5O. The topological polar surface area (TPSA) is 58.3 Å². The van der Waals surface area contributed by atoms with E-state index < -0.39 is 0 Å². The van der Waals surface area contributed by atoms with Gasteiger partial charge in [-0.2, -0.15) is 0 Å². The van der Waals surface area contributed by atoms with E-state index in [9.17, 15) is 0 Å². The fourth-order valence-electron chi connectivity index (χ4n) is 4.41. The van der Waals surface area contributed by atoms with E-state index in [0.29, 0.717) is 5.92 Å². The Bertz CT molecular complexity index is 685. The third-order valence-corrected chi connectivity index (χ3v) is 5.95. The first-order valence-electron chi connectivity index (χ1n) is 9.04. The largest absolute Gasteiger partial charge is 0.360 e. The van der Waals surface area contributed by atoms with Gasteiger partial charge in [0.1, 0.15) is 12.1 Å². The first-order chi connectivity index (χ1) is 11.8. The van der Waals surface area contributed by atoms with E-state index in [0.717, 1.165) is 56.1 Å². The second kappa shape index (κ2) is 5.84. The first-order valence-corrected chi connectivity index (χ1v) is 9.04. The van der Waals surface area contributed by atoms with Crippen molar-refractivity contribution in [2.45, 2.75) is 31.7 Å². The van der Waals surface area contributed by atoms with Crippen LogP contribution in [0, 0.1) is 11.8 Å². The molecule has 2 aliphatic heterocycles. The van der Waals surface area contributed by atoms with E-state index >= 15 is 0 Å². The molecule has 24 heavy (non-hydrogen) atoms. The highest BCUT2D eigenvalue weighted by atomic mass is 16.5. The molecule has 4 heterocycles. The number of anilines is 1. The number of aromatic nitrogens is 3. The standard InChI is InChI=1S/C18H23N5O/c1-2-13(3-1)17-6-18(20-12-19-17)23-9-14-7-22(8-15(14)10-23)11-16-4-5-21-24-16/h4-6,12-15H,1-3,7-11H2. The lowest BCUT2D eigenvalue weighted by atomic mass is 9.83.